The van der Waals surface area contributed by atoms with Crippen molar-refractivity contribution in [2.24, 2.45) is 0 Å². The number of aromatic nitrogens is 1. The highest BCUT2D eigenvalue weighted by Crippen LogP contribution is 2.34. The van der Waals surface area contributed by atoms with E-state index in [-0.39, 0.29) is 5.82 Å². The second-order valence-corrected chi connectivity index (χ2v) is 4.53. The maximum atomic E-state index is 7.71. The second-order valence-electron chi connectivity index (χ2n) is 4.15. The summed E-state index contributed by atoms with van der Waals surface area (Å²) in [6.07, 6.45) is 0. The van der Waals surface area contributed by atoms with E-state index in [1.165, 1.54) is 0 Å². The Labute approximate surface area is 110 Å². The van der Waals surface area contributed by atoms with Gasteiger partial charge in [0.25, 0.3) is 0 Å². The number of fused-ring (bicyclic) bond motifs is 1. The van der Waals surface area contributed by atoms with Gasteiger partial charge in [0.05, 0.1) is 23.2 Å². The molecule has 5 heteroatoms. The smallest absolute Gasteiger partial charge is 0.134 e. The Morgan fingerprint density at radius 1 is 1.44 bits per heavy atom. The highest BCUT2D eigenvalue weighted by Gasteiger charge is 2.15. The average molecular weight is 264 g/mol. The molecule has 1 aromatic carbocycles. The third-order valence-electron chi connectivity index (χ3n) is 2.83. The standard InChI is InChI=1S/C13H14ClN3O/c1-6-4-8(18-3)5-9-11(14)10(7(2)15)13(16)17-12(6)9/h4-5,15H,1-3H3,(H2,16,17). The summed E-state index contributed by atoms with van der Waals surface area (Å²) in [5, 5.41) is 8.91. The Kier molecular flexibility index (Phi) is 3.13. The summed E-state index contributed by atoms with van der Waals surface area (Å²) in [6.45, 7) is 3.56. The van der Waals surface area contributed by atoms with E-state index in [1.54, 1.807) is 14.0 Å². The number of ether oxygens (including phenoxy) is 1. The lowest BCUT2D eigenvalue weighted by Crippen LogP contribution is -2.05. The van der Waals surface area contributed by atoms with E-state index in [1.807, 2.05) is 19.1 Å². The number of pyridine rings is 1. The molecule has 0 atom stereocenters. The molecule has 3 N–H and O–H groups in total. The number of hydrogen-bond acceptors (Lipinski definition) is 4. The first-order chi connectivity index (χ1) is 8.45. The summed E-state index contributed by atoms with van der Waals surface area (Å²) < 4.78 is 5.22. The minimum Gasteiger partial charge on any atom is -0.497 e. The van der Waals surface area contributed by atoms with Crippen LogP contribution in [0.4, 0.5) is 5.82 Å². The summed E-state index contributed by atoms with van der Waals surface area (Å²) >= 11 is 6.33. The van der Waals surface area contributed by atoms with E-state index in [2.05, 4.69) is 4.98 Å². The zero-order valence-corrected chi connectivity index (χ0v) is 11.2. The van der Waals surface area contributed by atoms with E-state index in [0.29, 0.717) is 22.0 Å². The molecule has 0 aliphatic rings. The molecule has 2 aromatic rings. The fourth-order valence-corrected chi connectivity index (χ4v) is 2.34. The molecule has 18 heavy (non-hydrogen) atoms. The summed E-state index contributed by atoms with van der Waals surface area (Å²) in [4.78, 5) is 4.33. The van der Waals surface area contributed by atoms with E-state index in [0.717, 1.165) is 16.5 Å². The van der Waals surface area contributed by atoms with Gasteiger partial charge in [0, 0.05) is 11.1 Å². The molecule has 0 spiro atoms. The Balaban J connectivity index is 2.92. The topological polar surface area (TPSA) is 72.0 Å². The van der Waals surface area contributed by atoms with Crippen molar-refractivity contribution in [2.75, 3.05) is 12.8 Å². The Morgan fingerprint density at radius 3 is 2.67 bits per heavy atom. The maximum absolute atomic E-state index is 7.71. The van der Waals surface area contributed by atoms with Crippen LogP contribution in [0, 0.1) is 12.3 Å². The zero-order valence-electron chi connectivity index (χ0n) is 10.5. The second kappa shape index (κ2) is 4.46. The predicted octanol–water partition coefficient (Wildman–Crippen LogP) is 3.18. The van der Waals surface area contributed by atoms with Gasteiger partial charge in [-0.25, -0.2) is 4.98 Å². The summed E-state index contributed by atoms with van der Waals surface area (Å²) in [5.74, 6) is 0.996. The highest BCUT2D eigenvalue weighted by atomic mass is 35.5. The van der Waals surface area contributed by atoms with Gasteiger partial charge in [-0.3, -0.25) is 0 Å². The Morgan fingerprint density at radius 2 is 2.11 bits per heavy atom. The van der Waals surface area contributed by atoms with Gasteiger partial charge in [0.2, 0.25) is 0 Å². The first kappa shape index (κ1) is 12.6. The normalized spacial score (nSPS) is 10.7. The number of aryl methyl sites for hydroxylation is 1. The number of benzene rings is 1. The molecule has 0 unspecified atom stereocenters. The van der Waals surface area contributed by atoms with Gasteiger partial charge in [-0.15, -0.1) is 0 Å². The molecule has 0 radical (unpaired) electrons. The summed E-state index contributed by atoms with van der Waals surface area (Å²) in [7, 11) is 1.60. The third kappa shape index (κ3) is 1.88. The van der Waals surface area contributed by atoms with Crippen LogP contribution in [-0.2, 0) is 0 Å². The molecule has 0 saturated heterocycles. The zero-order chi connectivity index (χ0) is 13.4. The molecular formula is C13H14ClN3O. The van der Waals surface area contributed by atoms with E-state index >= 15 is 0 Å². The van der Waals surface area contributed by atoms with Crippen LogP contribution in [0.2, 0.25) is 5.02 Å². The van der Waals surface area contributed by atoms with Crippen molar-refractivity contribution in [1.29, 1.82) is 5.41 Å². The van der Waals surface area contributed by atoms with Crippen LogP contribution in [0.25, 0.3) is 10.9 Å². The van der Waals surface area contributed by atoms with Crippen LogP contribution in [0.5, 0.6) is 5.75 Å². The van der Waals surface area contributed by atoms with E-state index in [9.17, 15) is 0 Å². The Bertz CT molecular complexity index is 652. The molecule has 2 rings (SSSR count). The molecular weight excluding hydrogens is 250 g/mol. The quantitative estimate of drug-likeness (QED) is 0.818. The number of nitrogens with two attached hydrogens (primary N) is 1. The number of anilines is 1. The van der Waals surface area contributed by atoms with Crippen LogP contribution in [0.1, 0.15) is 18.1 Å². The number of halogens is 1. The van der Waals surface area contributed by atoms with Gasteiger partial charge >= 0.3 is 0 Å². The monoisotopic (exact) mass is 263 g/mol. The van der Waals surface area contributed by atoms with Gasteiger partial charge in [0.1, 0.15) is 11.6 Å². The van der Waals surface area contributed by atoms with Gasteiger partial charge < -0.3 is 15.9 Å². The Hall–Kier alpha value is -1.81. The maximum Gasteiger partial charge on any atom is 0.134 e. The lowest BCUT2D eigenvalue weighted by molar-refractivity contribution is 0.415. The first-order valence-corrected chi connectivity index (χ1v) is 5.82. The first-order valence-electron chi connectivity index (χ1n) is 5.44. The number of nitrogens with one attached hydrogen (secondary N) is 1. The molecule has 0 fully saturated rings. The summed E-state index contributed by atoms with van der Waals surface area (Å²) in [6, 6.07) is 3.69. The predicted molar refractivity (Wildman–Crippen MR) is 75.0 cm³/mol. The molecule has 94 valence electrons. The number of methoxy groups -OCH3 is 1. The number of nitrogens with zero attached hydrogens (tertiary/aromatic N) is 1. The van der Waals surface area contributed by atoms with Crippen LogP contribution in [-0.4, -0.2) is 17.8 Å². The van der Waals surface area contributed by atoms with E-state index in [4.69, 9.17) is 27.5 Å². The lowest BCUT2D eigenvalue weighted by Gasteiger charge is -2.12. The summed E-state index contributed by atoms with van der Waals surface area (Å²) in [5.41, 5.74) is 8.32. The fourth-order valence-electron chi connectivity index (χ4n) is 1.96. The van der Waals surface area contributed by atoms with Crippen LogP contribution in [0.3, 0.4) is 0 Å². The minimum atomic E-state index is 0.285. The molecule has 0 aliphatic carbocycles. The third-order valence-corrected chi connectivity index (χ3v) is 3.22. The number of nitrogen functional groups attached to an aromatic ring is 1. The van der Waals surface area contributed by atoms with Gasteiger partial charge in [-0.2, -0.15) is 0 Å². The van der Waals surface area contributed by atoms with Crippen molar-refractivity contribution >= 4 is 34.0 Å². The van der Waals surface area contributed by atoms with Crippen molar-refractivity contribution in [3.63, 3.8) is 0 Å². The van der Waals surface area contributed by atoms with Crippen LogP contribution in [0.15, 0.2) is 12.1 Å². The van der Waals surface area contributed by atoms with Gasteiger partial charge in [-0.1, -0.05) is 11.6 Å². The molecule has 0 bridgehead atoms. The van der Waals surface area contributed by atoms with Crippen LogP contribution < -0.4 is 10.5 Å². The SMILES string of the molecule is COc1cc(C)c2nc(N)c(C(C)=N)c(Cl)c2c1. The largest absolute Gasteiger partial charge is 0.497 e. The van der Waals surface area contributed by atoms with Crippen molar-refractivity contribution in [3.05, 3.63) is 28.3 Å². The average Bonchev–Trinajstić information content (AvgIpc) is 2.29. The molecule has 0 saturated carbocycles. The van der Waals surface area contributed by atoms with Gasteiger partial charge in [-0.05, 0) is 31.5 Å². The van der Waals surface area contributed by atoms with Gasteiger partial charge in [0.15, 0.2) is 0 Å². The highest BCUT2D eigenvalue weighted by molar-refractivity contribution is 6.39. The fraction of sp³-hybridized carbons (Fsp3) is 0.231. The van der Waals surface area contributed by atoms with Crippen molar-refractivity contribution < 1.29 is 4.74 Å². The van der Waals surface area contributed by atoms with Crippen molar-refractivity contribution in [1.82, 2.24) is 4.98 Å². The van der Waals surface area contributed by atoms with Crippen LogP contribution >= 0.6 is 11.6 Å². The molecule has 0 aliphatic heterocycles. The molecule has 1 heterocycles. The van der Waals surface area contributed by atoms with Crippen molar-refractivity contribution in [3.8, 4) is 5.75 Å². The minimum absolute atomic E-state index is 0.285. The van der Waals surface area contributed by atoms with E-state index < -0.39 is 0 Å². The van der Waals surface area contributed by atoms with Crippen molar-refractivity contribution in [2.45, 2.75) is 13.8 Å². The lowest BCUT2D eigenvalue weighted by atomic mass is 10.1. The molecule has 1 aromatic heterocycles. The number of rotatable bonds is 2. The number of hydrogen-bond donors (Lipinski definition) is 2. The molecule has 0 amide bonds. The molecule has 4 nitrogen and oxygen atoms in total.